The molecule has 1 aromatic rings. The number of aliphatic hydroxyl groups excluding tert-OH is 1. The van der Waals surface area contributed by atoms with E-state index in [1.807, 2.05) is 0 Å². The van der Waals surface area contributed by atoms with Gasteiger partial charge in [-0.3, -0.25) is 4.79 Å². The van der Waals surface area contributed by atoms with Gasteiger partial charge in [0.1, 0.15) is 5.75 Å². The van der Waals surface area contributed by atoms with Crippen molar-refractivity contribution in [3.63, 3.8) is 0 Å². The zero-order valence-corrected chi connectivity index (χ0v) is 13.5. The van der Waals surface area contributed by atoms with Gasteiger partial charge >= 0.3 is 0 Å². The van der Waals surface area contributed by atoms with E-state index in [0.717, 1.165) is 25.7 Å². The molecule has 5 N–H and O–H groups in total. The molecule has 1 aromatic carbocycles. The Morgan fingerprint density at radius 3 is 2.74 bits per heavy atom. The fourth-order valence-corrected chi connectivity index (χ4v) is 2.10. The number of ether oxygens (including phenoxy) is 1. The molecule has 23 heavy (non-hydrogen) atoms. The minimum atomic E-state index is 0.0365. The highest BCUT2D eigenvalue weighted by molar-refractivity contribution is 5.85. The third kappa shape index (κ3) is 8.21. The zero-order valence-electron chi connectivity index (χ0n) is 13.5. The molecule has 0 aliphatic rings. The van der Waals surface area contributed by atoms with Gasteiger partial charge in [0.15, 0.2) is 0 Å². The Labute approximate surface area is 137 Å². The van der Waals surface area contributed by atoms with Gasteiger partial charge in [-0.2, -0.15) is 0 Å². The number of nitrogens with one attached hydrogen (secondary N) is 2. The Morgan fingerprint density at radius 1 is 1.26 bits per heavy atom. The molecule has 0 spiro atoms. The summed E-state index contributed by atoms with van der Waals surface area (Å²) in [5.41, 5.74) is 6.95. The van der Waals surface area contributed by atoms with E-state index in [1.165, 1.54) is 6.21 Å². The minimum absolute atomic E-state index is 0.0365. The van der Waals surface area contributed by atoms with Crippen molar-refractivity contribution in [1.29, 1.82) is 5.41 Å². The van der Waals surface area contributed by atoms with E-state index in [2.05, 4.69) is 5.32 Å². The Balaban J connectivity index is 2.09. The average molecular weight is 321 g/mol. The molecule has 0 aromatic heterocycles. The van der Waals surface area contributed by atoms with Crippen LogP contribution in [0.25, 0.3) is 0 Å². The Morgan fingerprint density at radius 2 is 2.04 bits per heavy atom. The second kappa shape index (κ2) is 11.5. The summed E-state index contributed by atoms with van der Waals surface area (Å²) in [5, 5.41) is 18.7. The van der Waals surface area contributed by atoms with Crippen molar-refractivity contribution >= 4 is 17.8 Å². The maximum Gasteiger partial charge on any atom is 0.220 e. The van der Waals surface area contributed by atoms with Crippen molar-refractivity contribution < 1.29 is 14.6 Å². The van der Waals surface area contributed by atoms with Crippen LogP contribution in [0.5, 0.6) is 5.75 Å². The predicted octanol–water partition coefficient (Wildman–Crippen LogP) is 2.09. The van der Waals surface area contributed by atoms with Crippen LogP contribution in [0.4, 0.5) is 5.69 Å². The van der Waals surface area contributed by atoms with Gasteiger partial charge in [0, 0.05) is 43.1 Å². The molecule has 0 bridgehead atoms. The predicted molar refractivity (Wildman–Crippen MR) is 92.0 cm³/mol. The summed E-state index contributed by atoms with van der Waals surface area (Å²) in [5.74, 6) is 0.687. The molecular weight excluding hydrogens is 294 g/mol. The molecule has 1 rings (SSSR count). The lowest BCUT2D eigenvalue weighted by atomic mass is 10.2. The van der Waals surface area contributed by atoms with Crippen LogP contribution in [0.3, 0.4) is 0 Å². The highest BCUT2D eigenvalue weighted by atomic mass is 16.5. The first-order chi connectivity index (χ1) is 11.2. The molecule has 0 aliphatic carbocycles. The Bertz CT molecular complexity index is 492. The number of benzene rings is 1. The maximum atomic E-state index is 11.6. The molecule has 0 unspecified atom stereocenters. The minimum Gasteiger partial charge on any atom is -0.494 e. The molecule has 128 valence electrons. The number of unbranched alkanes of at least 4 members (excludes halogenated alkanes) is 3. The highest BCUT2D eigenvalue weighted by Crippen LogP contribution is 2.18. The van der Waals surface area contributed by atoms with E-state index in [4.69, 9.17) is 21.0 Å². The first-order valence-corrected chi connectivity index (χ1v) is 8.07. The van der Waals surface area contributed by atoms with E-state index in [1.54, 1.807) is 18.2 Å². The van der Waals surface area contributed by atoms with Gasteiger partial charge in [0.05, 0.1) is 6.61 Å². The highest BCUT2D eigenvalue weighted by Gasteiger charge is 2.02. The van der Waals surface area contributed by atoms with Crippen molar-refractivity contribution in [3.8, 4) is 5.75 Å². The van der Waals surface area contributed by atoms with Crippen LogP contribution in [0.1, 0.15) is 44.1 Å². The number of hydrogen-bond acceptors (Lipinski definition) is 5. The summed E-state index contributed by atoms with van der Waals surface area (Å²) < 4.78 is 5.55. The summed E-state index contributed by atoms with van der Waals surface area (Å²) in [6.45, 7) is 1.38. The van der Waals surface area contributed by atoms with E-state index in [-0.39, 0.29) is 12.5 Å². The second-order valence-electron chi connectivity index (χ2n) is 5.37. The molecule has 6 nitrogen and oxygen atoms in total. The van der Waals surface area contributed by atoms with Gasteiger partial charge in [0.25, 0.3) is 0 Å². The quantitative estimate of drug-likeness (QED) is 0.268. The molecule has 0 saturated heterocycles. The lowest BCUT2D eigenvalue weighted by Crippen LogP contribution is -2.24. The molecule has 0 atom stereocenters. The van der Waals surface area contributed by atoms with Gasteiger partial charge in [-0.15, -0.1) is 0 Å². The number of hydrogen-bond donors (Lipinski definition) is 4. The number of amides is 1. The largest absolute Gasteiger partial charge is 0.494 e. The van der Waals surface area contributed by atoms with Crippen molar-refractivity contribution in [2.75, 3.05) is 25.5 Å². The molecular formula is C17H27N3O3. The summed E-state index contributed by atoms with van der Waals surface area (Å²) in [7, 11) is 0. The fraction of sp³-hybridized carbons (Fsp3) is 0.529. The number of carbonyl (C=O) groups is 1. The molecule has 0 fully saturated rings. The third-order valence-electron chi connectivity index (χ3n) is 3.44. The van der Waals surface area contributed by atoms with E-state index >= 15 is 0 Å². The van der Waals surface area contributed by atoms with Crippen LogP contribution >= 0.6 is 0 Å². The summed E-state index contributed by atoms with van der Waals surface area (Å²) >= 11 is 0. The van der Waals surface area contributed by atoms with Crippen LogP contribution in [0.15, 0.2) is 18.2 Å². The van der Waals surface area contributed by atoms with Crippen LogP contribution < -0.4 is 15.8 Å². The van der Waals surface area contributed by atoms with Crippen molar-refractivity contribution in [2.45, 2.75) is 38.5 Å². The van der Waals surface area contributed by atoms with Gasteiger partial charge in [-0.25, -0.2) is 0 Å². The molecule has 6 heteroatoms. The number of carbonyl (C=O) groups excluding carboxylic acids is 1. The Kier molecular flexibility index (Phi) is 9.47. The lowest BCUT2D eigenvalue weighted by molar-refractivity contribution is -0.121. The van der Waals surface area contributed by atoms with Crippen molar-refractivity contribution in [2.24, 2.45) is 0 Å². The third-order valence-corrected chi connectivity index (χ3v) is 3.44. The number of anilines is 1. The normalized spacial score (nSPS) is 10.3. The fourth-order valence-electron chi connectivity index (χ4n) is 2.10. The van der Waals surface area contributed by atoms with E-state index < -0.39 is 0 Å². The number of aliphatic hydroxyl groups is 1. The van der Waals surface area contributed by atoms with Crippen LogP contribution in [0.2, 0.25) is 0 Å². The van der Waals surface area contributed by atoms with E-state index in [0.29, 0.717) is 43.0 Å². The monoisotopic (exact) mass is 321 g/mol. The molecule has 1 amide bonds. The van der Waals surface area contributed by atoms with Crippen LogP contribution in [-0.2, 0) is 4.79 Å². The first-order valence-electron chi connectivity index (χ1n) is 8.07. The van der Waals surface area contributed by atoms with Gasteiger partial charge in [-0.05, 0) is 31.4 Å². The number of nitrogens with two attached hydrogens (primary N) is 1. The first kappa shape index (κ1) is 19.0. The lowest BCUT2D eigenvalue weighted by Gasteiger charge is -2.08. The standard InChI is InChI=1S/C17H27N3O3/c18-13-14-7-8-15(12-16(14)19)23-11-5-6-17(22)20-9-3-1-2-4-10-21/h7-8,12-13,18,21H,1-6,9-11,19H2,(H,20,22). The van der Waals surface area contributed by atoms with Gasteiger partial charge in [0.2, 0.25) is 5.91 Å². The van der Waals surface area contributed by atoms with Gasteiger partial charge in [-0.1, -0.05) is 12.8 Å². The van der Waals surface area contributed by atoms with Crippen molar-refractivity contribution in [1.82, 2.24) is 5.32 Å². The average Bonchev–Trinajstić information content (AvgIpc) is 2.55. The van der Waals surface area contributed by atoms with E-state index in [9.17, 15) is 4.79 Å². The second-order valence-corrected chi connectivity index (χ2v) is 5.37. The molecule has 0 saturated carbocycles. The summed E-state index contributed by atoms with van der Waals surface area (Å²) in [6.07, 6.45) is 6.08. The Hall–Kier alpha value is -2.08. The smallest absolute Gasteiger partial charge is 0.220 e. The molecule has 0 heterocycles. The van der Waals surface area contributed by atoms with Gasteiger partial charge < -0.3 is 26.3 Å². The zero-order chi connectivity index (χ0) is 16.9. The summed E-state index contributed by atoms with van der Waals surface area (Å²) in [6, 6.07) is 5.19. The maximum absolute atomic E-state index is 11.6. The summed E-state index contributed by atoms with van der Waals surface area (Å²) in [4.78, 5) is 11.6. The topological polar surface area (TPSA) is 108 Å². The SMILES string of the molecule is N=Cc1ccc(OCCCC(=O)NCCCCCCO)cc1N. The number of rotatable bonds is 12. The van der Waals surface area contributed by atoms with Crippen LogP contribution in [-0.4, -0.2) is 37.0 Å². The van der Waals surface area contributed by atoms with Crippen LogP contribution in [0, 0.1) is 5.41 Å². The number of nitrogen functional groups attached to an aromatic ring is 1. The molecule has 0 aliphatic heterocycles. The molecule has 0 radical (unpaired) electrons. The van der Waals surface area contributed by atoms with Crippen molar-refractivity contribution in [3.05, 3.63) is 23.8 Å².